The van der Waals surface area contributed by atoms with Gasteiger partial charge in [-0.25, -0.2) is 15.0 Å². The summed E-state index contributed by atoms with van der Waals surface area (Å²) in [5.41, 5.74) is 0.346. The number of aromatic nitrogens is 4. The van der Waals surface area contributed by atoms with Gasteiger partial charge in [0, 0.05) is 12.7 Å². The lowest BCUT2D eigenvalue weighted by Crippen LogP contribution is -2.18. The fourth-order valence-corrected chi connectivity index (χ4v) is 3.77. The molecule has 1 aliphatic rings. The third-order valence-corrected chi connectivity index (χ3v) is 5.37. The normalized spacial score (nSPS) is 15.9. The molecule has 28 heavy (non-hydrogen) atoms. The maximum atomic E-state index is 13.1. The quantitative estimate of drug-likeness (QED) is 0.622. The molecule has 0 spiro atoms. The molecule has 0 amide bonds. The second-order valence-corrected chi connectivity index (χ2v) is 7.47. The van der Waals surface area contributed by atoms with Crippen LogP contribution in [-0.4, -0.2) is 25.9 Å². The number of imidazole rings is 1. The standard InChI is InChI=1S/C19H19ClF3N5/c20-14-9-26-18(25-8-12-4-2-1-3-5-12)27-17(14)15-10-24-16-7-6-13(11-28(15)16)19(21,22)23/h6-7,9-12H,1-5,8H2,(H,25,26,27). The van der Waals surface area contributed by atoms with E-state index in [1.165, 1.54) is 55.0 Å². The smallest absolute Gasteiger partial charge is 0.354 e. The van der Waals surface area contributed by atoms with E-state index in [0.717, 1.165) is 18.8 Å². The number of rotatable bonds is 4. The lowest BCUT2D eigenvalue weighted by molar-refractivity contribution is -0.137. The molecule has 9 heteroatoms. The van der Waals surface area contributed by atoms with Gasteiger partial charge in [-0.05, 0) is 30.9 Å². The van der Waals surface area contributed by atoms with E-state index >= 15 is 0 Å². The molecule has 1 fully saturated rings. The third kappa shape index (κ3) is 3.92. The number of halogens is 4. The van der Waals surface area contributed by atoms with Crippen molar-refractivity contribution in [1.29, 1.82) is 0 Å². The van der Waals surface area contributed by atoms with Gasteiger partial charge in [-0.15, -0.1) is 0 Å². The Kier molecular flexibility index (Phi) is 5.14. The molecule has 0 saturated heterocycles. The van der Waals surface area contributed by atoms with Crippen molar-refractivity contribution in [2.45, 2.75) is 38.3 Å². The van der Waals surface area contributed by atoms with Gasteiger partial charge in [0.15, 0.2) is 0 Å². The highest BCUT2D eigenvalue weighted by molar-refractivity contribution is 6.32. The molecule has 1 aliphatic carbocycles. The number of nitrogens with one attached hydrogen (secondary N) is 1. The van der Waals surface area contributed by atoms with Crippen LogP contribution in [0.4, 0.5) is 19.1 Å². The van der Waals surface area contributed by atoms with Crippen LogP contribution in [0.25, 0.3) is 17.0 Å². The van der Waals surface area contributed by atoms with Gasteiger partial charge in [0.1, 0.15) is 11.3 Å². The van der Waals surface area contributed by atoms with Crippen LogP contribution < -0.4 is 5.32 Å². The largest absolute Gasteiger partial charge is 0.417 e. The molecule has 1 N–H and O–H groups in total. The molecule has 0 bridgehead atoms. The highest BCUT2D eigenvalue weighted by atomic mass is 35.5. The lowest BCUT2D eigenvalue weighted by atomic mass is 9.89. The molecule has 3 heterocycles. The monoisotopic (exact) mass is 409 g/mol. The summed E-state index contributed by atoms with van der Waals surface area (Å²) >= 11 is 6.25. The number of hydrogen-bond donors (Lipinski definition) is 1. The summed E-state index contributed by atoms with van der Waals surface area (Å²) in [5, 5.41) is 3.49. The van der Waals surface area contributed by atoms with E-state index in [4.69, 9.17) is 11.6 Å². The van der Waals surface area contributed by atoms with Gasteiger partial charge in [0.2, 0.25) is 5.95 Å². The Bertz CT molecular complexity index is 979. The molecule has 3 aromatic heterocycles. The molecule has 0 aromatic carbocycles. The Balaban J connectivity index is 1.64. The van der Waals surface area contributed by atoms with E-state index in [2.05, 4.69) is 20.3 Å². The molecule has 3 aromatic rings. The van der Waals surface area contributed by atoms with Crippen LogP contribution in [-0.2, 0) is 6.18 Å². The van der Waals surface area contributed by atoms with E-state index in [9.17, 15) is 13.2 Å². The maximum Gasteiger partial charge on any atom is 0.417 e. The first-order valence-electron chi connectivity index (χ1n) is 9.23. The van der Waals surface area contributed by atoms with E-state index in [0.29, 0.717) is 28.9 Å². The predicted molar refractivity (Wildman–Crippen MR) is 101 cm³/mol. The van der Waals surface area contributed by atoms with Crippen molar-refractivity contribution in [2.24, 2.45) is 5.92 Å². The van der Waals surface area contributed by atoms with Crippen LogP contribution >= 0.6 is 11.6 Å². The Hall–Kier alpha value is -2.35. The second kappa shape index (κ2) is 7.58. The third-order valence-electron chi connectivity index (χ3n) is 5.09. The van der Waals surface area contributed by atoms with Gasteiger partial charge in [0.25, 0.3) is 0 Å². The minimum atomic E-state index is -4.45. The molecule has 1 saturated carbocycles. The van der Waals surface area contributed by atoms with E-state index in [-0.39, 0.29) is 5.02 Å². The molecule has 5 nitrogen and oxygen atoms in total. The van der Waals surface area contributed by atoms with E-state index in [1.807, 2.05) is 0 Å². The fraction of sp³-hybridized carbons (Fsp3) is 0.421. The number of alkyl halides is 3. The number of pyridine rings is 1. The van der Waals surface area contributed by atoms with Crippen LogP contribution in [0.3, 0.4) is 0 Å². The average molecular weight is 410 g/mol. The zero-order valence-corrected chi connectivity index (χ0v) is 15.8. The Morgan fingerprint density at radius 1 is 1.11 bits per heavy atom. The minimum absolute atomic E-state index is 0.252. The Morgan fingerprint density at radius 3 is 2.64 bits per heavy atom. The minimum Gasteiger partial charge on any atom is -0.354 e. The highest BCUT2D eigenvalue weighted by Gasteiger charge is 2.31. The average Bonchev–Trinajstić information content (AvgIpc) is 3.10. The van der Waals surface area contributed by atoms with Gasteiger partial charge >= 0.3 is 6.18 Å². The number of fused-ring (bicyclic) bond motifs is 1. The summed E-state index contributed by atoms with van der Waals surface area (Å²) in [6, 6.07) is 2.33. The first kappa shape index (κ1) is 19.0. The summed E-state index contributed by atoms with van der Waals surface area (Å²) < 4.78 is 40.6. The molecule has 0 radical (unpaired) electrons. The van der Waals surface area contributed by atoms with Gasteiger partial charge in [-0.3, -0.25) is 4.40 Å². The van der Waals surface area contributed by atoms with E-state index in [1.54, 1.807) is 0 Å². The van der Waals surface area contributed by atoms with Crippen LogP contribution in [0.15, 0.2) is 30.7 Å². The number of anilines is 1. The maximum absolute atomic E-state index is 13.1. The summed E-state index contributed by atoms with van der Waals surface area (Å²) in [6.45, 7) is 0.770. The first-order valence-corrected chi connectivity index (χ1v) is 9.61. The summed E-state index contributed by atoms with van der Waals surface area (Å²) in [4.78, 5) is 12.8. The number of hydrogen-bond acceptors (Lipinski definition) is 4. The van der Waals surface area contributed by atoms with Gasteiger partial charge in [-0.2, -0.15) is 13.2 Å². The van der Waals surface area contributed by atoms with Gasteiger partial charge in [0.05, 0.1) is 28.7 Å². The summed E-state index contributed by atoms with van der Waals surface area (Å²) in [7, 11) is 0. The van der Waals surface area contributed by atoms with Crippen molar-refractivity contribution >= 4 is 23.2 Å². The van der Waals surface area contributed by atoms with Crippen molar-refractivity contribution in [1.82, 2.24) is 19.4 Å². The Labute approximate surface area is 165 Å². The van der Waals surface area contributed by atoms with Crippen LogP contribution in [0.2, 0.25) is 5.02 Å². The summed E-state index contributed by atoms with van der Waals surface area (Å²) in [6.07, 6.45) is 5.61. The molecular formula is C19H19ClF3N5. The van der Waals surface area contributed by atoms with Crippen molar-refractivity contribution in [3.05, 3.63) is 41.3 Å². The predicted octanol–water partition coefficient (Wildman–Crippen LogP) is 5.46. The van der Waals surface area contributed by atoms with Gasteiger partial charge in [-0.1, -0.05) is 30.9 Å². The topological polar surface area (TPSA) is 55.1 Å². The van der Waals surface area contributed by atoms with Crippen molar-refractivity contribution in [3.8, 4) is 11.4 Å². The first-order chi connectivity index (χ1) is 13.4. The molecule has 148 valence electrons. The zero-order valence-electron chi connectivity index (χ0n) is 15.0. The summed E-state index contributed by atoms with van der Waals surface area (Å²) in [5.74, 6) is 0.994. The number of nitrogens with zero attached hydrogens (tertiary/aromatic N) is 4. The van der Waals surface area contributed by atoms with Gasteiger partial charge < -0.3 is 5.32 Å². The van der Waals surface area contributed by atoms with Crippen molar-refractivity contribution in [3.63, 3.8) is 0 Å². The molecular weight excluding hydrogens is 391 g/mol. The molecule has 0 aliphatic heterocycles. The van der Waals surface area contributed by atoms with Crippen molar-refractivity contribution in [2.75, 3.05) is 11.9 Å². The second-order valence-electron chi connectivity index (χ2n) is 7.06. The molecule has 0 unspecified atom stereocenters. The lowest BCUT2D eigenvalue weighted by Gasteiger charge is -2.21. The van der Waals surface area contributed by atoms with Crippen molar-refractivity contribution < 1.29 is 13.2 Å². The molecule has 4 rings (SSSR count). The zero-order chi connectivity index (χ0) is 19.7. The van der Waals surface area contributed by atoms with Crippen LogP contribution in [0.1, 0.15) is 37.7 Å². The SMILES string of the molecule is FC(F)(F)c1ccc2ncc(-c3nc(NCC4CCCCC4)ncc3Cl)n2c1. The Morgan fingerprint density at radius 2 is 1.89 bits per heavy atom. The molecule has 0 atom stereocenters. The highest BCUT2D eigenvalue weighted by Crippen LogP contribution is 2.32. The van der Waals surface area contributed by atoms with E-state index < -0.39 is 11.7 Å². The van der Waals surface area contributed by atoms with Crippen LogP contribution in [0.5, 0.6) is 0 Å². The van der Waals surface area contributed by atoms with Crippen LogP contribution in [0, 0.1) is 5.92 Å². The fourth-order valence-electron chi connectivity index (χ4n) is 3.58.